The van der Waals surface area contributed by atoms with Crippen molar-refractivity contribution in [2.24, 2.45) is 0 Å². The van der Waals surface area contributed by atoms with Crippen LogP contribution in [0.4, 0.5) is 14.6 Å². The van der Waals surface area contributed by atoms with E-state index in [4.69, 9.17) is 11.6 Å². The Morgan fingerprint density at radius 1 is 1.29 bits per heavy atom. The number of anilines is 1. The number of hydrogen-bond donors (Lipinski definition) is 3. The Morgan fingerprint density at radius 2 is 2.14 bits per heavy atom. The maximum atomic E-state index is 13.8. The molecule has 6 nitrogen and oxygen atoms in total. The quantitative estimate of drug-likeness (QED) is 0.485. The van der Waals surface area contributed by atoms with Crippen LogP contribution in [0.1, 0.15) is 6.42 Å². The summed E-state index contributed by atoms with van der Waals surface area (Å²) in [6, 6.07) is 7.37. The summed E-state index contributed by atoms with van der Waals surface area (Å²) in [5.74, 6) is -2.33. The molecule has 0 aliphatic carbocycles. The van der Waals surface area contributed by atoms with Gasteiger partial charge in [0, 0.05) is 54.1 Å². The summed E-state index contributed by atoms with van der Waals surface area (Å²) in [7, 11) is 0. The first-order chi connectivity index (χ1) is 13.5. The van der Waals surface area contributed by atoms with Crippen LogP contribution in [-0.2, 0) is 0 Å². The number of imidazole rings is 1. The second-order valence-electron chi connectivity index (χ2n) is 7.00. The number of nitrogens with zero attached hydrogens (tertiary/aromatic N) is 3. The van der Waals surface area contributed by atoms with Gasteiger partial charge < -0.3 is 15.6 Å². The average molecular weight is 403 g/mol. The predicted octanol–water partition coefficient (Wildman–Crippen LogP) is 3.94. The molecule has 0 amide bonds. The molecule has 1 saturated heterocycles. The van der Waals surface area contributed by atoms with E-state index in [0.717, 1.165) is 16.5 Å². The first-order valence-corrected chi connectivity index (χ1v) is 9.34. The zero-order valence-electron chi connectivity index (χ0n) is 14.7. The molecule has 144 valence electrons. The lowest BCUT2D eigenvalue weighted by Gasteiger charge is -2.30. The number of alkyl halides is 2. The van der Waals surface area contributed by atoms with E-state index in [2.05, 4.69) is 25.6 Å². The number of para-hydroxylation sites is 1. The second-order valence-corrected chi connectivity index (χ2v) is 7.36. The molecule has 4 aromatic rings. The van der Waals surface area contributed by atoms with Crippen molar-refractivity contribution < 1.29 is 8.78 Å². The van der Waals surface area contributed by atoms with Crippen LogP contribution in [0, 0.1) is 0 Å². The van der Waals surface area contributed by atoms with E-state index < -0.39 is 12.0 Å². The van der Waals surface area contributed by atoms with Crippen molar-refractivity contribution in [3.05, 3.63) is 48.0 Å². The minimum atomic E-state index is -2.76. The van der Waals surface area contributed by atoms with Gasteiger partial charge in [-0.1, -0.05) is 29.8 Å². The van der Waals surface area contributed by atoms with Gasteiger partial charge in [-0.3, -0.25) is 4.40 Å². The van der Waals surface area contributed by atoms with Gasteiger partial charge in [0.2, 0.25) is 0 Å². The molecule has 1 aromatic carbocycles. The van der Waals surface area contributed by atoms with Crippen molar-refractivity contribution in [3.8, 4) is 11.3 Å². The number of rotatable bonds is 3. The minimum Gasteiger partial charge on any atom is -0.363 e. The largest absolute Gasteiger partial charge is 0.363 e. The number of halogens is 3. The number of nitrogens with one attached hydrogen (secondary N) is 3. The van der Waals surface area contributed by atoms with Crippen LogP contribution < -0.4 is 10.6 Å². The van der Waals surface area contributed by atoms with Crippen molar-refractivity contribution in [1.82, 2.24) is 24.7 Å². The van der Waals surface area contributed by atoms with E-state index in [1.807, 2.05) is 30.5 Å². The number of piperidine rings is 1. The molecule has 3 aromatic heterocycles. The summed E-state index contributed by atoms with van der Waals surface area (Å²) in [5.41, 5.74) is 2.86. The average Bonchev–Trinajstić information content (AvgIpc) is 3.31. The molecule has 3 N–H and O–H groups in total. The smallest absolute Gasteiger partial charge is 0.262 e. The Kier molecular flexibility index (Phi) is 3.99. The molecule has 1 aliphatic heterocycles. The summed E-state index contributed by atoms with van der Waals surface area (Å²) in [6.45, 7) is 0.119. The normalized spacial score (nSPS) is 19.3. The third-order valence-corrected chi connectivity index (χ3v) is 5.35. The zero-order valence-corrected chi connectivity index (χ0v) is 15.5. The topological polar surface area (TPSA) is 70.0 Å². The molecule has 0 saturated carbocycles. The first kappa shape index (κ1) is 17.4. The molecule has 9 heteroatoms. The van der Waals surface area contributed by atoms with Crippen molar-refractivity contribution in [2.75, 3.05) is 18.4 Å². The van der Waals surface area contributed by atoms with Crippen molar-refractivity contribution in [3.63, 3.8) is 0 Å². The Labute approximate surface area is 163 Å². The van der Waals surface area contributed by atoms with Crippen LogP contribution in [0.25, 0.3) is 27.8 Å². The summed E-state index contributed by atoms with van der Waals surface area (Å²) >= 11 is 6.62. The van der Waals surface area contributed by atoms with Gasteiger partial charge in [-0.2, -0.15) is 0 Å². The highest BCUT2D eigenvalue weighted by atomic mass is 35.5. The van der Waals surface area contributed by atoms with Crippen LogP contribution in [0.5, 0.6) is 0 Å². The summed E-state index contributed by atoms with van der Waals surface area (Å²) < 4.78 is 29.3. The molecular weight excluding hydrogens is 386 g/mol. The highest BCUT2D eigenvalue weighted by Crippen LogP contribution is 2.35. The molecule has 0 unspecified atom stereocenters. The standard InChI is InChI=1S/C19H17ClF2N6/c20-16-15(13-9-25-14-4-2-1-3-12(13)14)27-17(18-24-5-6-28(16)18)26-11-7-19(21,22)10-23-8-11/h1-6,9,11,23,25H,7-8,10H2,(H,26,27)/t11-/m0/s1. The van der Waals surface area contributed by atoms with Crippen LogP contribution in [0.2, 0.25) is 5.15 Å². The lowest BCUT2D eigenvalue weighted by molar-refractivity contribution is -0.0244. The summed E-state index contributed by atoms with van der Waals surface area (Å²) in [5, 5.41) is 7.30. The van der Waals surface area contributed by atoms with E-state index in [0.29, 0.717) is 28.9 Å². The van der Waals surface area contributed by atoms with E-state index in [-0.39, 0.29) is 13.0 Å². The maximum Gasteiger partial charge on any atom is 0.262 e. The van der Waals surface area contributed by atoms with Gasteiger partial charge in [-0.05, 0) is 6.07 Å². The van der Waals surface area contributed by atoms with E-state index >= 15 is 0 Å². The maximum absolute atomic E-state index is 13.8. The van der Waals surface area contributed by atoms with Crippen LogP contribution in [0.3, 0.4) is 0 Å². The van der Waals surface area contributed by atoms with Gasteiger partial charge in [0.1, 0.15) is 10.8 Å². The number of fused-ring (bicyclic) bond motifs is 2. The molecule has 4 heterocycles. The second kappa shape index (κ2) is 6.42. The molecule has 1 aliphatic rings. The fraction of sp³-hybridized carbons (Fsp3) is 0.263. The van der Waals surface area contributed by atoms with Gasteiger partial charge in [0.15, 0.2) is 11.5 Å². The van der Waals surface area contributed by atoms with Crippen LogP contribution >= 0.6 is 11.6 Å². The van der Waals surface area contributed by atoms with Gasteiger partial charge in [-0.15, -0.1) is 0 Å². The Bertz CT molecular complexity index is 1170. The molecular formula is C19H17ClF2N6. The summed E-state index contributed by atoms with van der Waals surface area (Å²) in [6.07, 6.45) is 4.93. The highest BCUT2D eigenvalue weighted by molar-refractivity contribution is 6.32. The van der Waals surface area contributed by atoms with Gasteiger partial charge in [0.05, 0.1) is 6.54 Å². The van der Waals surface area contributed by atoms with Crippen molar-refractivity contribution in [2.45, 2.75) is 18.4 Å². The SMILES string of the molecule is FC1(F)CNC[C@@H](Nc2nc(-c3c[nH]c4ccccc34)c(Cl)n3ccnc23)C1. The number of H-pyrrole nitrogens is 1. The number of aromatic amines is 1. The van der Waals surface area contributed by atoms with Crippen LogP contribution in [-0.4, -0.2) is 44.4 Å². The minimum absolute atomic E-state index is 0.264. The first-order valence-electron chi connectivity index (χ1n) is 8.96. The monoisotopic (exact) mass is 402 g/mol. The molecule has 0 bridgehead atoms. The number of aromatic nitrogens is 4. The van der Waals surface area contributed by atoms with Gasteiger partial charge in [0.25, 0.3) is 5.92 Å². The van der Waals surface area contributed by atoms with Gasteiger partial charge in [-0.25, -0.2) is 18.7 Å². The lowest BCUT2D eigenvalue weighted by atomic mass is 10.0. The van der Waals surface area contributed by atoms with Gasteiger partial charge >= 0.3 is 0 Å². The van der Waals surface area contributed by atoms with Crippen molar-refractivity contribution >= 4 is 34.0 Å². The van der Waals surface area contributed by atoms with Crippen molar-refractivity contribution in [1.29, 1.82) is 0 Å². The van der Waals surface area contributed by atoms with E-state index in [9.17, 15) is 8.78 Å². The van der Waals surface area contributed by atoms with E-state index in [1.165, 1.54) is 0 Å². The molecule has 28 heavy (non-hydrogen) atoms. The predicted molar refractivity (Wildman–Crippen MR) is 105 cm³/mol. The lowest BCUT2D eigenvalue weighted by Crippen LogP contribution is -2.49. The van der Waals surface area contributed by atoms with E-state index in [1.54, 1.807) is 16.8 Å². The Morgan fingerprint density at radius 3 is 3.00 bits per heavy atom. The third kappa shape index (κ3) is 2.89. The number of hydrogen-bond acceptors (Lipinski definition) is 4. The summed E-state index contributed by atoms with van der Waals surface area (Å²) in [4.78, 5) is 12.2. The Hall–Kier alpha value is -2.71. The third-order valence-electron chi connectivity index (χ3n) is 4.99. The fourth-order valence-electron chi connectivity index (χ4n) is 3.72. The molecule has 1 atom stereocenters. The zero-order chi connectivity index (χ0) is 19.3. The number of benzene rings is 1. The molecule has 5 rings (SSSR count). The molecule has 1 fully saturated rings. The molecule has 0 radical (unpaired) electrons. The highest BCUT2D eigenvalue weighted by Gasteiger charge is 2.36. The fourth-order valence-corrected chi connectivity index (χ4v) is 4.00. The van der Waals surface area contributed by atoms with Crippen LogP contribution in [0.15, 0.2) is 42.9 Å². The Balaban J connectivity index is 1.62. The molecule has 0 spiro atoms.